The average molecular weight is 378 g/mol. The van der Waals surface area contributed by atoms with E-state index in [0.29, 0.717) is 29.8 Å². The monoisotopic (exact) mass is 378 g/mol. The van der Waals surface area contributed by atoms with Gasteiger partial charge in [0.1, 0.15) is 0 Å². The van der Waals surface area contributed by atoms with Crippen LogP contribution in [0.3, 0.4) is 0 Å². The fraction of sp³-hybridized carbons (Fsp3) is 0.318. The lowest BCUT2D eigenvalue weighted by Crippen LogP contribution is -2.48. The molecule has 2 aromatic carbocycles. The molecule has 0 aromatic heterocycles. The number of nitrogens with zero attached hydrogens (tertiary/aromatic N) is 2. The van der Waals surface area contributed by atoms with E-state index in [-0.39, 0.29) is 36.5 Å². The second kappa shape index (κ2) is 7.20. The smallest absolute Gasteiger partial charge is 0.261 e. The quantitative estimate of drug-likeness (QED) is 0.771. The van der Waals surface area contributed by atoms with Crippen molar-refractivity contribution in [3.05, 3.63) is 70.8 Å². The van der Waals surface area contributed by atoms with E-state index in [2.05, 4.69) is 0 Å². The Morgan fingerprint density at radius 1 is 0.929 bits per heavy atom. The zero-order chi connectivity index (χ0) is 19.8. The normalized spacial score (nSPS) is 21.8. The summed E-state index contributed by atoms with van der Waals surface area (Å²) < 4.78 is 5.68. The van der Waals surface area contributed by atoms with Gasteiger partial charge in [0.2, 0.25) is 0 Å². The van der Waals surface area contributed by atoms with Crippen LogP contribution in [-0.4, -0.2) is 52.8 Å². The number of ether oxygens (including phenoxy) is 1. The van der Waals surface area contributed by atoms with Crippen LogP contribution in [0.25, 0.3) is 0 Å². The first-order chi connectivity index (χ1) is 13.4. The third-order valence-corrected chi connectivity index (χ3v) is 5.13. The molecular weight excluding hydrogens is 356 g/mol. The molecule has 2 unspecified atom stereocenters. The molecule has 0 radical (unpaired) electrons. The third-order valence-electron chi connectivity index (χ3n) is 5.13. The summed E-state index contributed by atoms with van der Waals surface area (Å²) >= 11 is 0. The van der Waals surface area contributed by atoms with Crippen LogP contribution in [0.2, 0.25) is 0 Å². The summed E-state index contributed by atoms with van der Waals surface area (Å²) in [5.41, 5.74) is 2.27. The van der Waals surface area contributed by atoms with Crippen LogP contribution in [0, 0.1) is 0 Å². The van der Waals surface area contributed by atoms with Gasteiger partial charge >= 0.3 is 0 Å². The second-order valence-corrected chi connectivity index (χ2v) is 7.41. The number of hydrogen-bond donors (Lipinski definition) is 0. The average Bonchev–Trinajstić information content (AvgIpc) is 2.92. The van der Waals surface area contributed by atoms with Crippen molar-refractivity contribution in [2.24, 2.45) is 0 Å². The number of carbonyl (C=O) groups is 3. The standard InChI is InChI=1S/C22H22N2O4/c1-14-11-23(12-15(2)28-14)20(25)17-9-7-16(8-10-17)13-24-21(26)18-5-3-4-6-19(18)22(24)27/h3-10,14-15H,11-13H2,1-2H3. The highest BCUT2D eigenvalue weighted by molar-refractivity contribution is 6.21. The van der Waals surface area contributed by atoms with Gasteiger partial charge in [-0.1, -0.05) is 24.3 Å². The summed E-state index contributed by atoms with van der Waals surface area (Å²) in [6, 6.07) is 13.9. The molecule has 2 heterocycles. The maximum atomic E-state index is 12.8. The summed E-state index contributed by atoms with van der Waals surface area (Å²) in [5.74, 6) is -0.594. The Balaban J connectivity index is 1.46. The Hall–Kier alpha value is -2.99. The lowest BCUT2D eigenvalue weighted by molar-refractivity contribution is -0.0586. The first kappa shape index (κ1) is 18.4. The Labute approximate surface area is 163 Å². The van der Waals surface area contributed by atoms with Crippen LogP contribution in [0.5, 0.6) is 0 Å². The van der Waals surface area contributed by atoms with Crippen LogP contribution in [-0.2, 0) is 11.3 Å². The number of hydrogen-bond acceptors (Lipinski definition) is 4. The van der Waals surface area contributed by atoms with E-state index in [0.717, 1.165) is 5.56 Å². The largest absolute Gasteiger partial charge is 0.372 e. The molecular formula is C22H22N2O4. The molecule has 2 aliphatic heterocycles. The molecule has 0 saturated carbocycles. The van der Waals surface area contributed by atoms with Gasteiger partial charge in [-0.2, -0.15) is 0 Å². The summed E-state index contributed by atoms with van der Waals surface area (Å²) in [6.07, 6.45) is 0.0293. The van der Waals surface area contributed by atoms with Gasteiger partial charge in [-0.05, 0) is 43.7 Å². The summed E-state index contributed by atoms with van der Waals surface area (Å²) in [7, 11) is 0. The predicted octanol–water partition coefficient (Wildman–Crippen LogP) is 2.73. The molecule has 144 valence electrons. The van der Waals surface area contributed by atoms with Crippen molar-refractivity contribution < 1.29 is 19.1 Å². The van der Waals surface area contributed by atoms with Crippen molar-refractivity contribution in [1.29, 1.82) is 0 Å². The van der Waals surface area contributed by atoms with Crippen LogP contribution < -0.4 is 0 Å². The van der Waals surface area contributed by atoms with Gasteiger partial charge in [-0.3, -0.25) is 19.3 Å². The van der Waals surface area contributed by atoms with Crippen LogP contribution >= 0.6 is 0 Å². The van der Waals surface area contributed by atoms with E-state index >= 15 is 0 Å². The van der Waals surface area contributed by atoms with Crippen LogP contribution in [0.4, 0.5) is 0 Å². The highest BCUT2D eigenvalue weighted by Gasteiger charge is 2.35. The molecule has 0 spiro atoms. The Morgan fingerprint density at radius 3 is 2.00 bits per heavy atom. The van der Waals surface area contributed by atoms with Crippen LogP contribution in [0.1, 0.15) is 50.5 Å². The highest BCUT2D eigenvalue weighted by atomic mass is 16.5. The second-order valence-electron chi connectivity index (χ2n) is 7.41. The van der Waals surface area contributed by atoms with E-state index in [9.17, 15) is 14.4 Å². The molecule has 4 rings (SSSR count). The number of benzene rings is 2. The molecule has 28 heavy (non-hydrogen) atoms. The van der Waals surface area contributed by atoms with Crippen molar-refractivity contribution in [3.8, 4) is 0 Å². The molecule has 3 amide bonds. The number of morpholine rings is 1. The van der Waals surface area contributed by atoms with Gasteiger partial charge in [0, 0.05) is 18.7 Å². The molecule has 6 heteroatoms. The van der Waals surface area contributed by atoms with E-state index in [1.54, 1.807) is 53.4 Å². The fourth-order valence-corrected chi connectivity index (χ4v) is 3.84. The minimum atomic E-state index is -0.281. The maximum absolute atomic E-state index is 12.8. The van der Waals surface area contributed by atoms with Gasteiger partial charge in [0.25, 0.3) is 17.7 Å². The number of imide groups is 1. The van der Waals surface area contributed by atoms with Gasteiger partial charge in [0.05, 0.1) is 29.9 Å². The van der Waals surface area contributed by atoms with E-state index in [1.165, 1.54) is 4.90 Å². The van der Waals surface area contributed by atoms with Crippen molar-refractivity contribution in [2.75, 3.05) is 13.1 Å². The topological polar surface area (TPSA) is 66.9 Å². The van der Waals surface area contributed by atoms with Crippen LogP contribution in [0.15, 0.2) is 48.5 Å². The van der Waals surface area contributed by atoms with Gasteiger partial charge < -0.3 is 9.64 Å². The maximum Gasteiger partial charge on any atom is 0.261 e. The highest BCUT2D eigenvalue weighted by Crippen LogP contribution is 2.24. The van der Waals surface area contributed by atoms with Crippen molar-refractivity contribution in [3.63, 3.8) is 0 Å². The first-order valence-corrected chi connectivity index (χ1v) is 9.43. The molecule has 6 nitrogen and oxygen atoms in total. The molecule has 1 fully saturated rings. The third kappa shape index (κ3) is 3.31. The van der Waals surface area contributed by atoms with Gasteiger partial charge in [0.15, 0.2) is 0 Å². The molecule has 0 N–H and O–H groups in total. The lowest BCUT2D eigenvalue weighted by atomic mass is 10.1. The van der Waals surface area contributed by atoms with Gasteiger partial charge in [-0.25, -0.2) is 0 Å². The molecule has 0 aliphatic carbocycles. The fourth-order valence-electron chi connectivity index (χ4n) is 3.84. The number of amides is 3. The predicted molar refractivity (Wildman–Crippen MR) is 103 cm³/mol. The van der Waals surface area contributed by atoms with E-state index < -0.39 is 0 Å². The number of rotatable bonds is 3. The SMILES string of the molecule is CC1CN(C(=O)c2ccc(CN3C(=O)c4ccccc4C3=O)cc2)CC(C)O1. The molecule has 2 aromatic rings. The van der Waals surface area contributed by atoms with Gasteiger partial charge in [-0.15, -0.1) is 0 Å². The minimum Gasteiger partial charge on any atom is -0.372 e. The van der Waals surface area contributed by atoms with E-state index in [1.807, 2.05) is 13.8 Å². The molecule has 0 bridgehead atoms. The summed E-state index contributed by atoms with van der Waals surface area (Å²) in [4.78, 5) is 40.8. The molecule has 2 atom stereocenters. The number of carbonyl (C=O) groups excluding carboxylic acids is 3. The zero-order valence-electron chi connectivity index (χ0n) is 15.9. The molecule has 1 saturated heterocycles. The zero-order valence-corrected chi connectivity index (χ0v) is 15.9. The summed E-state index contributed by atoms with van der Waals surface area (Å²) in [5, 5.41) is 0. The Bertz CT molecular complexity index is 893. The Kier molecular flexibility index (Phi) is 4.73. The Morgan fingerprint density at radius 2 is 1.46 bits per heavy atom. The number of fused-ring (bicyclic) bond motifs is 1. The molecule has 2 aliphatic rings. The van der Waals surface area contributed by atoms with E-state index in [4.69, 9.17) is 4.74 Å². The first-order valence-electron chi connectivity index (χ1n) is 9.43. The minimum absolute atomic E-state index is 0.0146. The van der Waals surface area contributed by atoms with Crippen molar-refractivity contribution in [1.82, 2.24) is 9.80 Å². The lowest BCUT2D eigenvalue weighted by Gasteiger charge is -2.35. The van der Waals surface area contributed by atoms with Crippen molar-refractivity contribution in [2.45, 2.75) is 32.6 Å². The van der Waals surface area contributed by atoms with Crippen molar-refractivity contribution >= 4 is 17.7 Å². The summed E-state index contributed by atoms with van der Waals surface area (Å²) in [6.45, 7) is 5.24.